The van der Waals surface area contributed by atoms with Crippen molar-refractivity contribution in [1.82, 2.24) is 0 Å². The molecule has 3 saturated carbocycles. The standard InChI is InChI=1S/C28H36F2O7/c1-6-22(34)36-14-21(33)28(37-23(35)7-2)15(3)12-18-16-8-9-17-24(29)19(31)10-11-25(17,4)27(16,30)20(32)13-26(18,28)5/h10-11,15-16,18,20,32H,6-9,12-14H2,1-5H3/t15-,16-,18-,20-,25-,26-,27-,28-/m0/s1. The molecule has 3 fully saturated rings. The second-order valence-electron chi connectivity index (χ2n) is 11.5. The van der Waals surface area contributed by atoms with E-state index in [1.54, 1.807) is 27.7 Å². The van der Waals surface area contributed by atoms with Crippen LogP contribution in [0.15, 0.2) is 23.6 Å². The summed E-state index contributed by atoms with van der Waals surface area (Å²) >= 11 is 0. The van der Waals surface area contributed by atoms with Gasteiger partial charge in [-0.05, 0) is 50.2 Å². The second kappa shape index (κ2) is 9.10. The highest BCUT2D eigenvalue weighted by atomic mass is 19.1. The summed E-state index contributed by atoms with van der Waals surface area (Å²) < 4.78 is 43.3. The van der Waals surface area contributed by atoms with Crippen LogP contribution in [0.5, 0.6) is 0 Å². The van der Waals surface area contributed by atoms with Gasteiger partial charge in [-0.3, -0.25) is 19.2 Å². The van der Waals surface area contributed by atoms with Gasteiger partial charge < -0.3 is 14.6 Å². The van der Waals surface area contributed by atoms with Crippen molar-refractivity contribution in [1.29, 1.82) is 0 Å². The average Bonchev–Trinajstić information content (AvgIpc) is 3.07. The predicted molar refractivity (Wildman–Crippen MR) is 128 cm³/mol. The zero-order valence-electron chi connectivity index (χ0n) is 22.1. The third-order valence-corrected chi connectivity index (χ3v) is 9.90. The minimum atomic E-state index is -2.30. The van der Waals surface area contributed by atoms with Crippen molar-refractivity contribution in [2.24, 2.45) is 28.6 Å². The molecule has 0 heterocycles. The highest BCUT2D eigenvalue weighted by molar-refractivity contribution is 6.04. The monoisotopic (exact) mass is 522 g/mol. The molecule has 0 radical (unpaired) electrons. The molecular weight excluding hydrogens is 486 g/mol. The summed E-state index contributed by atoms with van der Waals surface area (Å²) in [5.41, 5.74) is -6.69. The lowest BCUT2D eigenvalue weighted by Crippen LogP contribution is -2.70. The maximum absolute atomic E-state index is 17.4. The number of ketones is 2. The van der Waals surface area contributed by atoms with Crippen LogP contribution in [-0.2, 0) is 28.7 Å². The number of hydrogen-bond donors (Lipinski definition) is 1. The number of carbonyl (C=O) groups excluding carboxylic acids is 4. The molecule has 0 aromatic heterocycles. The number of esters is 2. The summed E-state index contributed by atoms with van der Waals surface area (Å²) in [6.07, 6.45) is 1.21. The van der Waals surface area contributed by atoms with Crippen LogP contribution >= 0.6 is 0 Å². The van der Waals surface area contributed by atoms with Crippen LogP contribution in [0, 0.1) is 28.6 Å². The summed E-state index contributed by atoms with van der Waals surface area (Å²) in [7, 11) is 0. The molecular formula is C28H36F2O7. The molecule has 4 aliphatic rings. The lowest BCUT2D eigenvalue weighted by atomic mass is 9.44. The fraction of sp³-hybridized carbons (Fsp3) is 0.714. The Morgan fingerprint density at radius 1 is 1.14 bits per heavy atom. The van der Waals surface area contributed by atoms with Gasteiger partial charge in [-0.1, -0.05) is 33.8 Å². The maximum atomic E-state index is 17.4. The highest BCUT2D eigenvalue weighted by Crippen LogP contribution is 2.71. The van der Waals surface area contributed by atoms with Gasteiger partial charge in [0.25, 0.3) is 0 Å². The van der Waals surface area contributed by atoms with Gasteiger partial charge in [0.05, 0.1) is 6.10 Å². The number of halogens is 2. The minimum absolute atomic E-state index is 0.000596. The van der Waals surface area contributed by atoms with E-state index >= 15 is 4.39 Å². The van der Waals surface area contributed by atoms with Crippen LogP contribution in [0.2, 0.25) is 0 Å². The van der Waals surface area contributed by atoms with Crippen LogP contribution in [-0.4, -0.2) is 52.6 Å². The first-order chi connectivity index (χ1) is 17.2. The number of carbonyl (C=O) groups is 4. The molecule has 0 saturated heterocycles. The van der Waals surface area contributed by atoms with Crippen molar-refractivity contribution in [2.75, 3.05) is 6.61 Å². The molecule has 0 bridgehead atoms. The Morgan fingerprint density at radius 3 is 2.41 bits per heavy atom. The quantitative estimate of drug-likeness (QED) is 0.523. The molecule has 7 nitrogen and oxygen atoms in total. The van der Waals surface area contributed by atoms with Crippen molar-refractivity contribution in [3.05, 3.63) is 23.6 Å². The molecule has 204 valence electrons. The molecule has 4 rings (SSSR count). The van der Waals surface area contributed by atoms with Crippen LogP contribution in [0.4, 0.5) is 8.78 Å². The number of fused-ring (bicyclic) bond motifs is 5. The molecule has 0 amide bonds. The molecule has 0 aromatic rings. The lowest BCUT2D eigenvalue weighted by molar-refractivity contribution is -0.228. The van der Waals surface area contributed by atoms with Crippen LogP contribution in [0.3, 0.4) is 0 Å². The third kappa shape index (κ3) is 3.52. The molecule has 37 heavy (non-hydrogen) atoms. The molecule has 1 N–H and O–H groups in total. The van der Waals surface area contributed by atoms with Crippen molar-refractivity contribution in [3.63, 3.8) is 0 Å². The number of ether oxygens (including phenoxy) is 2. The molecule has 8 atom stereocenters. The zero-order valence-corrected chi connectivity index (χ0v) is 22.1. The van der Waals surface area contributed by atoms with E-state index in [4.69, 9.17) is 9.47 Å². The van der Waals surface area contributed by atoms with E-state index in [9.17, 15) is 28.7 Å². The van der Waals surface area contributed by atoms with Gasteiger partial charge in [-0.25, -0.2) is 8.78 Å². The van der Waals surface area contributed by atoms with Crippen LogP contribution < -0.4 is 0 Å². The number of alkyl halides is 1. The summed E-state index contributed by atoms with van der Waals surface area (Å²) in [4.78, 5) is 50.3. The number of aliphatic hydroxyl groups is 1. The topological polar surface area (TPSA) is 107 Å². The van der Waals surface area contributed by atoms with Crippen molar-refractivity contribution in [2.45, 2.75) is 90.5 Å². The molecule has 0 aromatic carbocycles. The molecule has 4 aliphatic carbocycles. The lowest BCUT2D eigenvalue weighted by Gasteiger charge is -2.62. The Kier molecular flexibility index (Phi) is 6.79. The fourth-order valence-electron chi connectivity index (χ4n) is 8.08. The van der Waals surface area contributed by atoms with E-state index in [2.05, 4.69) is 0 Å². The molecule has 0 aliphatic heterocycles. The Morgan fingerprint density at radius 2 is 1.78 bits per heavy atom. The SMILES string of the molecule is CCC(=O)OCC(=O)[C@@]1(OC(=O)CC)[C@@H](C)C[C@H]2[C@@H]3CCC4=C(F)C(=O)C=C[C@]4(C)[C@@]3(F)[C@@H](O)C[C@@]21C. The number of allylic oxidation sites excluding steroid dienone is 4. The smallest absolute Gasteiger partial charge is 0.306 e. The van der Waals surface area contributed by atoms with Gasteiger partial charge >= 0.3 is 11.9 Å². The molecule has 0 unspecified atom stereocenters. The number of hydrogen-bond acceptors (Lipinski definition) is 7. The summed E-state index contributed by atoms with van der Waals surface area (Å²) in [6, 6.07) is 0. The Hall–Kier alpha value is -2.42. The summed E-state index contributed by atoms with van der Waals surface area (Å²) in [6.45, 7) is 7.60. The van der Waals surface area contributed by atoms with Crippen LogP contribution in [0.25, 0.3) is 0 Å². The maximum Gasteiger partial charge on any atom is 0.306 e. The van der Waals surface area contributed by atoms with E-state index < -0.39 is 81.9 Å². The average molecular weight is 523 g/mol. The van der Waals surface area contributed by atoms with Gasteiger partial charge in [0, 0.05) is 35.5 Å². The molecule has 9 heteroatoms. The largest absolute Gasteiger partial charge is 0.457 e. The number of aliphatic hydroxyl groups excluding tert-OH is 1. The van der Waals surface area contributed by atoms with E-state index in [0.717, 1.165) is 6.08 Å². The Balaban J connectivity index is 1.82. The minimum Gasteiger partial charge on any atom is -0.457 e. The van der Waals surface area contributed by atoms with E-state index in [-0.39, 0.29) is 37.7 Å². The van der Waals surface area contributed by atoms with E-state index in [0.29, 0.717) is 6.42 Å². The first-order valence-corrected chi connectivity index (χ1v) is 13.1. The van der Waals surface area contributed by atoms with E-state index in [1.807, 2.05) is 0 Å². The highest BCUT2D eigenvalue weighted by Gasteiger charge is 2.77. The second-order valence-corrected chi connectivity index (χ2v) is 11.5. The summed E-state index contributed by atoms with van der Waals surface area (Å²) in [5, 5.41) is 11.5. The first-order valence-electron chi connectivity index (χ1n) is 13.1. The van der Waals surface area contributed by atoms with Crippen LogP contribution in [0.1, 0.15) is 73.1 Å². The Bertz CT molecular complexity index is 1100. The first kappa shape index (κ1) is 27.6. The third-order valence-electron chi connectivity index (χ3n) is 9.90. The van der Waals surface area contributed by atoms with Crippen molar-refractivity contribution >= 4 is 23.5 Å². The zero-order chi connectivity index (χ0) is 27.6. The van der Waals surface area contributed by atoms with Gasteiger partial charge in [0.15, 0.2) is 23.7 Å². The van der Waals surface area contributed by atoms with Gasteiger partial charge in [0.1, 0.15) is 0 Å². The Labute approximate surface area is 215 Å². The number of Topliss-reactive ketones (excluding diaryl/α,β-unsaturated/α-hetero) is 1. The normalized spacial score (nSPS) is 42.5. The van der Waals surface area contributed by atoms with Gasteiger partial charge in [-0.2, -0.15) is 0 Å². The number of rotatable bonds is 6. The van der Waals surface area contributed by atoms with Crippen molar-refractivity contribution < 1.29 is 42.5 Å². The van der Waals surface area contributed by atoms with Gasteiger partial charge in [-0.15, -0.1) is 0 Å². The summed E-state index contributed by atoms with van der Waals surface area (Å²) in [5.74, 6) is -5.42. The predicted octanol–water partition coefficient (Wildman–Crippen LogP) is 4.11. The fourth-order valence-corrected chi connectivity index (χ4v) is 8.08. The van der Waals surface area contributed by atoms with Crippen molar-refractivity contribution in [3.8, 4) is 0 Å². The van der Waals surface area contributed by atoms with Gasteiger partial charge in [0.2, 0.25) is 11.6 Å². The molecule has 0 spiro atoms. The van der Waals surface area contributed by atoms with E-state index in [1.165, 1.54) is 13.0 Å².